The Morgan fingerprint density at radius 2 is 2.16 bits per heavy atom. The first-order chi connectivity index (χ1) is 8.86. The molecule has 0 aliphatic heterocycles. The predicted octanol–water partition coefficient (Wildman–Crippen LogP) is 1.55. The Labute approximate surface area is 114 Å². The minimum absolute atomic E-state index is 0.133. The molecular formula is C11H15N3O4S. The first kappa shape index (κ1) is 15.3. The molecule has 0 spiro atoms. The van der Waals surface area contributed by atoms with Crippen LogP contribution in [0.4, 0.5) is 5.69 Å². The number of rotatable bonds is 5. The molecule has 0 aliphatic carbocycles. The summed E-state index contributed by atoms with van der Waals surface area (Å²) >= 11 is 1.30. The number of nitro benzene ring substituents is 1. The second kappa shape index (κ2) is 6.39. The standard InChI is InChI=1S/C11H15N3O4S/c1-6(15)7(2)19-10-4-3-8(14(17)18)5-9(10)11(12)13-16/h3-7,15-16H,1-2H3,(H2,12,13). The highest BCUT2D eigenvalue weighted by Gasteiger charge is 2.18. The van der Waals surface area contributed by atoms with E-state index in [4.69, 9.17) is 10.9 Å². The van der Waals surface area contributed by atoms with Crippen molar-refractivity contribution in [1.82, 2.24) is 0 Å². The van der Waals surface area contributed by atoms with Crippen LogP contribution in [0.25, 0.3) is 0 Å². The lowest BCUT2D eigenvalue weighted by Gasteiger charge is -2.16. The number of hydrogen-bond acceptors (Lipinski definition) is 6. The van der Waals surface area contributed by atoms with Gasteiger partial charge in [-0.1, -0.05) is 12.1 Å². The Kier molecular flexibility index (Phi) is 5.13. The fourth-order valence-corrected chi connectivity index (χ4v) is 2.32. The molecule has 0 aliphatic rings. The molecule has 2 atom stereocenters. The molecule has 0 heterocycles. The van der Waals surface area contributed by atoms with Gasteiger partial charge < -0.3 is 16.0 Å². The predicted molar refractivity (Wildman–Crippen MR) is 72.6 cm³/mol. The minimum Gasteiger partial charge on any atom is -0.409 e. The molecule has 0 fully saturated rings. The van der Waals surface area contributed by atoms with Gasteiger partial charge in [0.25, 0.3) is 5.69 Å². The van der Waals surface area contributed by atoms with Gasteiger partial charge in [0.1, 0.15) is 0 Å². The van der Waals surface area contributed by atoms with Crippen LogP contribution in [0.15, 0.2) is 28.3 Å². The SMILES string of the molecule is CC(O)C(C)Sc1ccc([N+](=O)[O-])cc1/C(N)=N/O. The van der Waals surface area contributed by atoms with Crippen LogP contribution in [0, 0.1) is 10.1 Å². The third-order valence-electron chi connectivity index (χ3n) is 2.55. The summed E-state index contributed by atoms with van der Waals surface area (Å²) in [5, 5.41) is 31.6. The van der Waals surface area contributed by atoms with Gasteiger partial charge in [-0.2, -0.15) is 0 Å². The third-order valence-corrected chi connectivity index (χ3v) is 3.93. The highest BCUT2D eigenvalue weighted by molar-refractivity contribution is 8.00. The number of nitrogens with zero attached hydrogens (tertiary/aromatic N) is 2. The summed E-state index contributed by atoms with van der Waals surface area (Å²) in [4.78, 5) is 10.8. The van der Waals surface area contributed by atoms with E-state index in [0.29, 0.717) is 4.90 Å². The molecular weight excluding hydrogens is 270 g/mol. The van der Waals surface area contributed by atoms with Crippen molar-refractivity contribution >= 4 is 23.3 Å². The summed E-state index contributed by atoms with van der Waals surface area (Å²) in [6.07, 6.45) is -0.555. The first-order valence-corrected chi connectivity index (χ1v) is 6.35. The van der Waals surface area contributed by atoms with Crippen molar-refractivity contribution in [1.29, 1.82) is 0 Å². The number of thioether (sulfide) groups is 1. The number of non-ortho nitro benzene ring substituents is 1. The summed E-state index contributed by atoms with van der Waals surface area (Å²) in [7, 11) is 0. The topological polar surface area (TPSA) is 122 Å². The Morgan fingerprint density at radius 3 is 2.63 bits per heavy atom. The minimum atomic E-state index is -0.555. The Bertz CT molecular complexity index is 505. The first-order valence-electron chi connectivity index (χ1n) is 5.48. The van der Waals surface area contributed by atoms with Crippen LogP contribution in [-0.4, -0.2) is 32.4 Å². The molecule has 8 heteroatoms. The van der Waals surface area contributed by atoms with Crippen molar-refractivity contribution in [3.8, 4) is 0 Å². The van der Waals surface area contributed by atoms with E-state index in [2.05, 4.69) is 5.16 Å². The summed E-state index contributed by atoms with van der Waals surface area (Å²) in [6.45, 7) is 3.46. The number of benzene rings is 1. The van der Waals surface area contributed by atoms with Gasteiger partial charge in [-0.05, 0) is 13.0 Å². The smallest absolute Gasteiger partial charge is 0.270 e. The van der Waals surface area contributed by atoms with Crippen LogP contribution in [0.3, 0.4) is 0 Å². The lowest BCUT2D eigenvalue weighted by Crippen LogP contribution is -2.18. The van der Waals surface area contributed by atoms with Crippen LogP contribution >= 0.6 is 11.8 Å². The van der Waals surface area contributed by atoms with E-state index in [0.717, 1.165) is 0 Å². The molecule has 0 saturated carbocycles. The molecule has 1 rings (SSSR count). The van der Waals surface area contributed by atoms with E-state index in [1.807, 2.05) is 6.92 Å². The second-order valence-corrected chi connectivity index (χ2v) is 5.41. The van der Waals surface area contributed by atoms with Gasteiger partial charge in [-0.3, -0.25) is 10.1 Å². The molecule has 19 heavy (non-hydrogen) atoms. The number of nitro groups is 1. The fourth-order valence-electron chi connectivity index (χ4n) is 1.29. The number of hydrogen-bond donors (Lipinski definition) is 3. The maximum Gasteiger partial charge on any atom is 0.270 e. The molecule has 0 saturated heterocycles. The lowest BCUT2D eigenvalue weighted by molar-refractivity contribution is -0.384. The average Bonchev–Trinajstić information content (AvgIpc) is 2.37. The normalized spacial score (nSPS) is 15.0. The summed E-state index contributed by atoms with van der Waals surface area (Å²) < 4.78 is 0. The van der Waals surface area contributed by atoms with Crippen LogP contribution in [-0.2, 0) is 0 Å². The van der Waals surface area contributed by atoms with Gasteiger partial charge in [0.05, 0.1) is 11.0 Å². The van der Waals surface area contributed by atoms with Gasteiger partial charge in [0, 0.05) is 27.8 Å². The quantitative estimate of drug-likeness (QED) is 0.188. The van der Waals surface area contributed by atoms with Crippen molar-refractivity contribution in [3.05, 3.63) is 33.9 Å². The Hall–Kier alpha value is -1.80. The van der Waals surface area contributed by atoms with Gasteiger partial charge in [-0.15, -0.1) is 11.8 Å². The molecule has 7 nitrogen and oxygen atoms in total. The van der Waals surface area contributed by atoms with Gasteiger partial charge in [0.15, 0.2) is 5.84 Å². The van der Waals surface area contributed by atoms with E-state index in [1.165, 1.54) is 30.0 Å². The van der Waals surface area contributed by atoms with Crippen molar-refractivity contribution in [2.75, 3.05) is 0 Å². The maximum absolute atomic E-state index is 10.7. The van der Waals surface area contributed by atoms with E-state index in [-0.39, 0.29) is 22.3 Å². The van der Waals surface area contributed by atoms with Gasteiger partial charge >= 0.3 is 0 Å². The zero-order valence-electron chi connectivity index (χ0n) is 10.5. The zero-order chi connectivity index (χ0) is 14.6. The molecule has 1 aromatic rings. The van der Waals surface area contributed by atoms with Crippen LogP contribution in [0.2, 0.25) is 0 Å². The van der Waals surface area contributed by atoms with Crippen molar-refractivity contribution in [2.24, 2.45) is 10.9 Å². The van der Waals surface area contributed by atoms with Crippen LogP contribution < -0.4 is 5.73 Å². The molecule has 0 bridgehead atoms. The summed E-state index contributed by atoms with van der Waals surface area (Å²) in [5.41, 5.74) is 5.65. The highest BCUT2D eigenvalue weighted by atomic mass is 32.2. The molecule has 0 aromatic heterocycles. The zero-order valence-corrected chi connectivity index (χ0v) is 11.3. The second-order valence-electron chi connectivity index (χ2n) is 3.99. The monoisotopic (exact) mass is 285 g/mol. The Balaban J connectivity index is 3.20. The van der Waals surface area contributed by atoms with Crippen molar-refractivity contribution in [3.63, 3.8) is 0 Å². The highest BCUT2D eigenvalue weighted by Crippen LogP contribution is 2.30. The number of nitrogens with two attached hydrogens (primary N) is 1. The van der Waals surface area contributed by atoms with E-state index >= 15 is 0 Å². The molecule has 1 aromatic carbocycles. The Morgan fingerprint density at radius 1 is 1.53 bits per heavy atom. The van der Waals surface area contributed by atoms with Crippen LogP contribution in [0.5, 0.6) is 0 Å². The molecule has 104 valence electrons. The third kappa shape index (κ3) is 3.83. The van der Waals surface area contributed by atoms with E-state index in [1.54, 1.807) is 6.92 Å². The van der Waals surface area contributed by atoms with Crippen molar-refractivity contribution < 1.29 is 15.2 Å². The number of aliphatic hydroxyl groups excluding tert-OH is 1. The van der Waals surface area contributed by atoms with Crippen LogP contribution in [0.1, 0.15) is 19.4 Å². The molecule has 4 N–H and O–H groups in total. The number of aliphatic hydroxyl groups is 1. The summed E-state index contributed by atoms with van der Waals surface area (Å²) in [5.74, 6) is -0.205. The molecule has 2 unspecified atom stereocenters. The largest absolute Gasteiger partial charge is 0.409 e. The maximum atomic E-state index is 10.7. The summed E-state index contributed by atoms with van der Waals surface area (Å²) in [6, 6.07) is 4.10. The number of amidine groups is 1. The van der Waals surface area contributed by atoms with Crippen molar-refractivity contribution in [2.45, 2.75) is 30.1 Å². The number of oxime groups is 1. The fraction of sp³-hybridized carbons (Fsp3) is 0.364. The molecule has 0 radical (unpaired) electrons. The lowest BCUT2D eigenvalue weighted by atomic mass is 10.2. The molecule has 0 amide bonds. The van der Waals surface area contributed by atoms with Gasteiger partial charge in [0.2, 0.25) is 0 Å². The average molecular weight is 285 g/mol. The van der Waals surface area contributed by atoms with E-state index < -0.39 is 11.0 Å². The van der Waals surface area contributed by atoms with E-state index in [9.17, 15) is 15.2 Å². The van der Waals surface area contributed by atoms with Gasteiger partial charge in [-0.25, -0.2) is 0 Å².